The average Bonchev–Trinajstić information content (AvgIpc) is 3.10. The molecule has 2 atom stereocenters. The van der Waals surface area contributed by atoms with E-state index >= 15 is 0 Å². The Morgan fingerprint density at radius 3 is 3.17 bits per heavy atom. The van der Waals surface area contributed by atoms with Crippen LogP contribution < -0.4 is 10.1 Å². The fraction of sp³-hybridized carbons (Fsp3) is 0.533. The van der Waals surface area contributed by atoms with Crippen molar-refractivity contribution in [1.82, 2.24) is 30.5 Å². The Kier molecular flexibility index (Phi) is 5.32. The first-order valence-electron chi connectivity index (χ1n) is 7.88. The van der Waals surface area contributed by atoms with Gasteiger partial charge in [0.25, 0.3) is 0 Å². The van der Waals surface area contributed by atoms with Crippen molar-refractivity contribution in [2.24, 2.45) is 0 Å². The third kappa shape index (κ3) is 4.48. The van der Waals surface area contributed by atoms with E-state index in [0.717, 1.165) is 5.69 Å². The van der Waals surface area contributed by atoms with Crippen LogP contribution in [0.3, 0.4) is 0 Å². The van der Waals surface area contributed by atoms with E-state index in [2.05, 4.69) is 25.8 Å². The second-order valence-electron chi connectivity index (χ2n) is 5.65. The SMILES string of the molecule is Cc1ccc(O[C@@H]2CCOC[C@@H]2NC(=O)CCn2cnnn2)cn1. The van der Waals surface area contributed by atoms with Crippen molar-refractivity contribution in [3.05, 3.63) is 30.4 Å². The summed E-state index contributed by atoms with van der Waals surface area (Å²) < 4.78 is 13.0. The molecule has 1 fully saturated rings. The fourth-order valence-corrected chi connectivity index (χ4v) is 2.47. The van der Waals surface area contributed by atoms with Crippen LogP contribution in [-0.2, 0) is 16.1 Å². The lowest BCUT2D eigenvalue weighted by molar-refractivity contribution is -0.124. The summed E-state index contributed by atoms with van der Waals surface area (Å²) in [6, 6.07) is 3.59. The molecule has 0 aromatic carbocycles. The molecule has 2 aromatic rings. The molecule has 1 aliphatic rings. The molecule has 0 saturated carbocycles. The van der Waals surface area contributed by atoms with Gasteiger partial charge in [0.1, 0.15) is 18.2 Å². The lowest BCUT2D eigenvalue weighted by Gasteiger charge is -2.32. The van der Waals surface area contributed by atoms with E-state index in [1.165, 1.54) is 11.0 Å². The summed E-state index contributed by atoms with van der Waals surface area (Å²) in [5.74, 6) is 0.608. The predicted octanol–water partition coefficient (Wildman–Crippen LogP) is 0.119. The first-order valence-corrected chi connectivity index (χ1v) is 7.88. The molecule has 2 aromatic heterocycles. The van der Waals surface area contributed by atoms with Crippen LogP contribution in [0.1, 0.15) is 18.5 Å². The molecule has 3 rings (SSSR count). The van der Waals surface area contributed by atoms with E-state index < -0.39 is 0 Å². The molecule has 1 amide bonds. The largest absolute Gasteiger partial charge is 0.486 e. The van der Waals surface area contributed by atoms with Crippen molar-refractivity contribution in [3.8, 4) is 5.75 Å². The number of rotatable bonds is 6. The van der Waals surface area contributed by atoms with Gasteiger partial charge in [0.2, 0.25) is 5.91 Å². The lowest BCUT2D eigenvalue weighted by atomic mass is 10.1. The first kappa shape index (κ1) is 16.3. The van der Waals surface area contributed by atoms with Gasteiger partial charge in [-0.05, 0) is 29.5 Å². The van der Waals surface area contributed by atoms with Crippen molar-refractivity contribution in [3.63, 3.8) is 0 Å². The van der Waals surface area contributed by atoms with Gasteiger partial charge in [0, 0.05) is 18.5 Å². The normalized spacial score (nSPS) is 20.5. The second-order valence-corrected chi connectivity index (χ2v) is 5.65. The minimum Gasteiger partial charge on any atom is -0.486 e. The third-order valence-corrected chi connectivity index (χ3v) is 3.77. The van der Waals surface area contributed by atoms with Crippen molar-refractivity contribution in [1.29, 1.82) is 0 Å². The van der Waals surface area contributed by atoms with Crippen LogP contribution in [0, 0.1) is 6.92 Å². The molecular formula is C15H20N6O3. The van der Waals surface area contributed by atoms with E-state index in [-0.39, 0.29) is 18.1 Å². The minimum atomic E-state index is -0.193. The van der Waals surface area contributed by atoms with Crippen molar-refractivity contribution >= 4 is 5.91 Å². The molecule has 24 heavy (non-hydrogen) atoms. The standard InChI is InChI=1S/C15H20N6O3/c1-11-2-3-12(8-16-11)24-14-5-7-23-9-13(14)18-15(22)4-6-21-10-17-19-20-21/h2-3,8,10,13-14H,4-7,9H2,1H3,(H,18,22)/t13-,14+/m0/s1. The Bertz CT molecular complexity index is 646. The molecular weight excluding hydrogens is 312 g/mol. The smallest absolute Gasteiger partial charge is 0.222 e. The summed E-state index contributed by atoms with van der Waals surface area (Å²) in [4.78, 5) is 16.4. The molecule has 1 saturated heterocycles. The zero-order valence-corrected chi connectivity index (χ0v) is 13.5. The molecule has 1 N–H and O–H groups in total. The zero-order valence-electron chi connectivity index (χ0n) is 13.5. The van der Waals surface area contributed by atoms with Crippen LogP contribution in [0.15, 0.2) is 24.7 Å². The van der Waals surface area contributed by atoms with Crippen LogP contribution in [0.4, 0.5) is 0 Å². The van der Waals surface area contributed by atoms with Gasteiger partial charge in [-0.25, -0.2) is 4.68 Å². The predicted molar refractivity (Wildman–Crippen MR) is 83.2 cm³/mol. The van der Waals surface area contributed by atoms with Gasteiger partial charge in [-0.2, -0.15) is 0 Å². The van der Waals surface area contributed by atoms with E-state index in [9.17, 15) is 4.79 Å². The van der Waals surface area contributed by atoms with Crippen LogP contribution >= 0.6 is 0 Å². The topological polar surface area (TPSA) is 104 Å². The number of ether oxygens (including phenoxy) is 2. The summed E-state index contributed by atoms with van der Waals surface area (Å²) in [5, 5.41) is 13.8. The van der Waals surface area contributed by atoms with Gasteiger partial charge in [-0.1, -0.05) is 0 Å². The number of aryl methyl sites for hydroxylation is 2. The van der Waals surface area contributed by atoms with E-state index in [1.54, 1.807) is 6.20 Å². The van der Waals surface area contributed by atoms with E-state index in [4.69, 9.17) is 9.47 Å². The highest BCUT2D eigenvalue weighted by Crippen LogP contribution is 2.18. The number of pyridine rings is 1. The van der Waals surface area contributed by atoms with Crippen LogP contribution in [0.2, 0.25) is 0 Å². The summed E-state index contributed by atoms with van der Waals surface area (Å²) in [7, 11) is 0. The summed E-state index contributed by atoms with van der Waals surface area (Å²) >= 11 is 0. The summed E-state index contributed by atoms with van der Waals surface area (Å²) in [6.45, 7) is 3.40. The molecule has 9 nitrogen and oxygen atoms in total. The quantitative estimate of drug-likeness (QED) is 0.801. The van der Waals surface area contributed by atoms with Crippen molar-refractivity contribution < 1.29 is 14.3 Å². The number of carbonyl (C=O) groups excluding carboxylic acids is 1. The average molecular weight is 332 g/mol. The highest BCUT2D eigenvalue weighted by molar-refractivity contribution is 5.76. The number of nitrogens with zero attached hydrogens (tertiary/aromatic N) is 5. The number of tetrazole rings is 1. The monoisotopic (exact) mass is 332 g/mol. The molecule has 9 heteroatoms. The van der Waals surface area contributed by atoms with Gasteiger partial charge >= 0.3 is 0 Å². The number of aromatic nitrogens is 5. The Balaban J connectivity index is 1.53. The molecule has 0 aliphatic carbocycles. The van der Waals surface area contributed by atoms with Crippen LogP contribution in [-0.4, -0.2) is 56.5 Å². The molecule has 0 unspecified atom stereocenters. The van der Waals surface area contributed by atoms with Crippen LogP contribution in [0.5, 0.6) is 5.75 Å². The molecule has 0 spiro atoms. The van der Waals surface area contributed by atoms with Crippen LogP contribution in [0.25, 0.3) is 0 Å². The number of hydrogen-bond donors (Lipinski definition) is 1. The maximum Gasteiger partial charge on any atom is 0.222 e. The molecule has 0 radical (unpaired) electrons. The molecule has 3 heterocycles. The summed E-state index contributed by atoms with van der Waals surface area (Å²) in [6.07, 6.45) is 4.04. The van der Waals surface area contributed by atoms with E-state index in [1.807, 2.05) is 19.1 Å². The molecule has 0 bridgehead atoms. The minimum absolute atomic E-state index is 0.0865. The Morgan fingerprint density at radius 1 is 1.50 bits per heavy atom. The number of nitrogens with one attached hydrogen (secondary N) is 1. The van der Waals surface area contributed by atoms with Gasteiger partial charge < -0.3 is 14.8 Å². The third-order valence-electron chi connectivity index (χ3n) is 3.77. The maximum absolute atomic E-state index is 12.1. The number of hydrogen-bond acceptors (Lipinski definition) is 7. The molecule has 128 valence electrons. The Labute approximate surface area is 139 Å². The van der Waals surface area contributed by atoms with Gasteiger partial charge in [0.15, 0.2) is 0 Å². The van der Waals surface area contributed by atoms with Gasteiger partial charge in [-0.3, -0.25) is 9.78 Å². The van der Waals surface area contributed by atoms with Gasteiger partial charge in [0.05, 0.1) is 32.0 Å². The highest BCUT2D eigenvalue weighted by atomic mass is 16.5. The van der Waals surface area contributed by atoms with Gasteiger partial charge in [-0.15, -0.1) is 5.10 Å². The zero-order chi connectivity index (χ0) is 16.8. The maximum atomic E-state index is 12.1. The number of amides is 1. The fourth-order valence-electron chi connectivity index (χ4n) is 2.47. The number of carbonyl (C=O) groups is 1. The molecule has 1 aliphatic heterocycles. The highest BCUT2D eigenvalue weighted by Gasteiger charge is 2.29. The van der Waals surface area contributed by atoms with Crippen molar-refractivity contribution in [2.45, 2.75) is 38.5 Å². The first-order chi connectivity index (χ1) is 11.7. The van der Waals surface area contributed by atoms with Crippen molar-refractivity contribution in [2.75, 3.05) is 13.2 Å². The summed E-state index contributed by atoms with van der Waals surface area (Å²) in [5.41, 5.74) is 0.932. The lowest BCUT2D eigenvalue weighted by Crippen LogP contribution is -2.52. The van der Waals surface area contributed by atoms with E-state index in [0.29, 0.717) is 38.3 Å². The second kappa shape index (κ2) is 7.82. The Morgan fingerprint density at radius 2 is 2.42 bits per heavy atom. The Hall–Kier alpha value is -2.55.